The number of ether oxygens (including phenoxy) is 2. The second kappa shape index (κ2) is 5.32. The van der Waals surface area contributed by atoms with Crippen LogP contribution in [0, 0.1) is 0 Å². The smallest absolute Gasteiger partial charge is 0.191 e. The van der Waals surface area contributed by atoms with E-state index in [-0.39, 0.29) is 18.0 Å². The van der Waals surface area contributed by atoms with Crippen LogP contribution in [0.1, 0.15) is 37.0 Å². The summed E-state index contributed by atoms with van der Waals surface area (Å²) in [6.45, 7) is 4.58. The van der Waals surface area contributed by atoms with E-state index in [2.05, 4.69) is 0 Å². The van der Waals surface area contributed by atoms with Crippen molar-refractivity contribution in [3.05, 3.63) is 29.8 Å². The van der Waals surface area contributed by atoms with Gasteiger partial charge in [0.15, 0.2) is 5.78 Å². The van der Waals surface area contributed by atoms with Crippen LogP contribution < -0.4 is 4.74 Å². The molecule has 1 fully saturated rings. The van der Waals surface area contributed by atoms with E-state index in [4.69, 9.17) is 9.47 Å². The van der Waals surface area contributed by atoms with Gasteiger partial charge < -0.3 is 9.47 Å². The quantitative estimate of drug-likeness (QED) is 0.751. The van der Waals surface area contributed by atoms with Crippen LogP contribution in [0.3, 0.4) is 0 Å². The van der Waals surface area contributed by atoms with Crippen molar-refractivity contribution in [1.29, 1.82) is 0 Å². The summed E-state index contributed by atoms with van der Waals surface area (Å²) in [6, 6.07) is 7.27. The minimum absolute atomic E-state index is 0.0809. The number of rotatable bonds is 4. The minimum atomic E-state index is -0.261. The lowest BCUT2D eigenvalue weighted by molar-refractivity contribution is 0.0433. The van der Waals surface area contributed by atoms with E-state index in [1.807, 2.05) is 26.0 Å². The van der Waals surface area contributed by atoms with Gasteiger partial charge in [-0.2, -0.15) is 0 Å². The molecule has 1 saturated heterocycles. The van der Waals surface area contributed by atoms with Gasteiger partial charge in [-0.05, 0) is 51.0 Å². The van der Waals surface area contributed by atoms with Crippen molar-refractivity contribution in [1.82, 2.24) is 0 Å². The molecule has 0 bridgehead atoms. The van der Waals surface area contributed by atoms with Gasteiger partial charge in [0.2, 0.25) is 0 Å². The summed E-state index contributed by atoms with van der Waals surface area (Å²) >= 11 is 0. The summed E-state index contributed by atoms with van der Waals surface area (Å²) in [5.74, 6) is 0.877. The Morgan fingerprint density at radius 2 is 2.06 bits per heavy atom. The lowest BCUT2D eigenvalue weighted by atomic mass is 10.0. The average molecular weight is 234 g/mol. The molecule has 1 aromatic rings. The zero-order valence-electron chi connectivity index (χ0n) is 10.3. The molecule has 92 valence electrons. The summed E-state index contributed by atoms with van der Waals surface area (Å²) in [5.41, 5.74) is 0.701. The van der Waals surface area contributed by atoms with Crippen molar-refractivity contribution in [3.63, 3.8) is 0 Å². The minimum Gasteiger partial charge on any atom is -0.494 e. The van der Waals surface area contributed by atoms with Crippen LogP contribution in [0.5, 0.6) is 5.75 Å². The van der Waals surface area contributed by atoms with Crippen LogP contribution in [0.4, 0.5) is 0 Å². The summed E-state index contributed by atoms with van der Waals surface area (Å²) < 4.78 is 10.9. The Hall–Kier alpha value is -1.35. The highest BCUT2D eigenvalue weighted by atomic mass is 16.5. The molecule has 0 saturated carbocycles. The molecule has 2 atom stereocenters. The molecule has 0 aromatic heterocycles. The fourth-order valence-corrected chi connectivity index (χ4v) is 2.06. The average Bonchev–Trinajstić information content (AvgIpc) is 2.76. The molecule has 1 aromatic carbocycles. The zero-order chi connectivity index (χ0) is 12.3. The van der Waals surface area contributed by atoms with Crippen molar-refractivity contribution in [2.24, 2.45) is 0 Å². The molecule has 0 N–H and O–H groups in total. The van der Waals surface area contributed by atoms with Gasteiger partial charge in [0.05, 0.1) is 12.7 Å². The molecule has 0 aliphatic carbocycles. The monoisotopic (exact) mass is 234 g/mol. The first-order valence-electron chi connectivity index (χ1n) is 6.13. The highest BCUT2D eigenvalue weighted by molar-refractivity contribution is 5.99. The fourth-order valence-electron chi connectivity index (χ4n) is 2.06. The summed E-state index contributed by atoms with van der Waals surface area (Å²) in [4.78, 5) is 12.1. The number of carbonyl (C=O) groups is 1. The van der Waals surface area contributed by atoms with E-state index >= 15 is 0 Å². The van der Waals surface area contributed by atoms with Crippen LogP contribution in [0.25, 0.3) is 0 Å². The van der Waals surface area contributed by atoms with Crippen molar-refractivity contribution in [2.45, 2.75) is 38.9 Å². The van der Waals surface area contributed by atoms with E-state index in [0.717, 1.165) is 18.6 Å². The maximum Gasteiger partial charge on any atom is 0.191 e. The second-order valence-electron chi connectivity index (χ2n) is 4.33. The molecule has 1 aliphatic rings. The Morgan fingerprint density at radius 1 is 1.35 bits per heavy atom. The Morgan fingerprint density at radius 3 is 2.59 bits per heavy atom. The van der Waals surface area contributed by atoms with Crippen LogP contribution >= 0.6 is 0 Å². The summed E-state index contributed by atoms with van der Waals surface area (Å²) in [7, 11) is 0. The Bertz CT molecular complexity index is 383. The van der Waals surface area contributed by atoms with Crippen LogP contribution in [0.15, 0.2) is 24.3 Å². The van der Waals surface area contributed by atoms with E-state index < -0.39 is 0 Å². The van der Waals surface area contributed by atoms with E-state index in [1.54, 1.807) is 12.1 Å². The molecule has 1 heterocycles. The Balaban J connectivity index is 2.04. The molecule has 0 spiro atoms. The lowest BCUT2D eigenvalue weighted by Gasteiger charge is -2.10. The molecule has 3 nitrogen and oxygen atoms in total. The summed E-state index contributed by atoms with van der Waals surface area (Å²) in [5, 5.41) is 0. The lowest BCUT2D eigenvalue weighted by Crippen LogP contribution is -2.20. The molecular weight excluding hydrogens is 216 g/mol. The molecule has 1 aliphatic heterocycles. The van der Waals surface area contributed by atoms with Crippen LogP contribution in [0.2, 0.25) is 0 Å². The Labute approximate surface area is 102 Å². The number of Topliss-reactive ketones (excluding diaryl/α,β-unsaturated/α-hetero) is 1. The zero-order valence-corrected chi connectivity index (χ0v) is 10.3. The summed E-state index contributed by atoms with van der Waals surface area (Å²) in [6.07, 6.45) is 1.73. The molecule has 0 radical (unpaired) electrons. The van der Waals surface area contributed by atoms with Crippen LogP contribution in [-0.2, 0) is 4.74 Å². The van der Waals surface area contributed by atoms with Gasteiger partial charge in [-0.25, -0.2) is 0 Å². The third-order valence-electron chi connectivity index (χ3n) is 2.97. The van der Waals surface area contributed by atoms with Gasteiger partial charge in [0.1, 0.15) is 11.9 Å². The highest BCUT2D eigenvalue weighted by Gasteiger charge is 2.28. The first kappa shape index (κ1) is 12.1. The number of ketones is 1. The van der Waals surface area contributed by atoms with Crippen molar-refractivity contribution < 1.29 is 14.3 Å². The number of benzene rings is 1. The molecule has 0 amide bonds. The largest absolute Gasteiger partial charge is 0.494 e. The first-order valence-corrected chi connectivity index (χ1v) is 6.13. The van der Waals surface area contributed by atoms with Crippen LogP contribution in [-0.4, -0.2) is 24.6 Å². The third-order valence-corrected chi connectivity index (χ3v) is 2.97. The molecular formula is C14H18O3. The molecule has 3 heteroatoms. The number of carbonyl (C=O) groups excluding carboxylic acids is 1. The fraction of sp³-hybridized carbons (Fsp3) is 0.500. The molecule has 2 rings (SSSR count). The predicted molar refractivity (Wildman–Crippen MR) is 65.5 cm³/mol. The number of hydrogen-bond donors (Lipinski definition) is 0. The van der Waals surface area contributed by atoms with Gasteiger partial charge in [0.25, 0.3) is 0 Å². The maximum absolute atomic E-state index is 12.1. The van der Waals surface area contributed by atoms with E-state index in [1.165, 1.54) is 0 Å². The molecule has 2 unspecified atom stereocenters. The third kappa shape index (κ3) is 2.86. The Kier molecular flexibility index (Phi) is 3.79. The van der Waals surface area contributed by atoms with Gasteiger partial charge in [0, 0.05) is 5.56 Å². The van der Waals surface area contributed by atoms with E-state index in [0.29, 0.717) is 12.2 Å². The standard InChI is InChI=1S/C14H18O3/c1-3-16-12-7-5-11(6-8-12)14(15)13-9-4-10(2)17-13/h5-8,10,13H,3-4,9H2,1-2H3. The van der Waals surface area contributed by atoms with Gasteiger partial charge in [-0.15, -0.1) is 0 Å². The van der Waals surface area contributed by atoms with Crippen molar-refractivity contribution >= 4 is 5.78 Å². The molecule has 17 heavy (non-hydrogen) atoms. The number of hydrogen-bond acceptors (Lipinski definition) is 3. The van der Waals surface area contributed by atoms with E-state index in [9.17, 15) is 4.79 Å². The highest BCUT2D eigenvalue weighted by Crippen LogP contribution is 2.23. The van der Waals surface area contributed by atoms with Gasteiger partial charge >= 0.3 is 0 Å². The van der Waals surface area contributed by atoms with Gasteiger partial charge in [-0.1, -0.05) is 0 Å². The second-order valence-corrected chi connectivity index (χ2v) is 4.33. The van der Waals surface area contributed by atoms with Crippen molar-refractivity contribution in [3.8, 4) is 5.75 Å². The normalized spacial score (nSPS) is 23.6. The first-order chi connectivity index (χ1) is 8.20. The maximum atomic E-state index is 12.1. The van der Waals surface area contributed by atoms with Crippen molar-refractivity contribution in [2.75, 3.05) is 6.61 Å². The SMILES string of the molecule is CCOc1ccc(C(=O)C2CCC(C)O2)cc1. The predicted octanol–water partition coefficient (Wildman–Crippen LogP) is 2.84. The van der Waals surface area contributed by atoms with Gasteiger partial charge in [-0.3, -0.25) is 4.79 Å². The topological polar surface area (TPSA) is 35.5 Å².